The van der Waals surface area contributed by atoms with Crippen molar-refractivity contribution in [3.8, 4) is 0 Å². The van der Waals surface area contributed by atoms with E-state index in [1.807, 2.05) is 49.1 Å². The Kier molecular flexibility index (Phi) is 4.33. The second-order valence-corrected chi connectivity index (χ2v) is 6.91. The van der Waals surface area contributed by atoms with Gasteiger partial charge in [-0.2, -0.15) is 0 Å². The van der Waals surface area contributed by atoms with Crippen LogP contribution in [0.2, 0.25) is 0 Å². The van der Waals surface area contributed by atoms with Crippen LogP contribution in [-0.2, 0) is 6.54 Å². The average molecular weight is 379 g/mol. The van der Waals surface area contributed by atoms with Gasteiger partial charge in [0.2, 0.25) is 0 Å². The molecule has 2 N–H and O–H groups in total. The molecule has 0 fully saturated rings. The topological polar surface area (TPSA) is 61.2 Å². The predicted octanol–water partition coefficient (Wildman–Crippen LogP) is 5.97. The summed E-state index contributed by atoms with van der Waals surface area (Å²) in [6.45, 7) is 3.09. The summed E-state index contributed by atoms with van der Waals surface area (Å²) in [5.74, 6) is 0. The Hall–Kier alpha value is -3.86. The van der Waals surface area contributed by atoms with E-state index in [2.05, 4.69) is 67.8 Å². The molecule has 0 radical (unpaired) electrons. The third-order valence-electron chi connectivity index (χ3n) is 5.10. The van der Waals surface area contributed by atoms with Crippen molar-refractivity contribution >= 4 is 45.6 Å². The molecule has 0 atom stereocenters. The van der Waals surface area contributed by atoms with Crippen molar-refractivity contribution < 1.29 is 0 Å². The molecule has 5 rings (SSSR count). The first-order valence-electron chi connectivity index (χ1n) is 9.73. The van der Waals surface area contributed by atoms with E-state index >= 15 is 0 Å². The Balaban J connectivity index is 1.60. The highest BCUT2D eigenvalue weighted by molar-refractivity contribution is 6.10. The van der Waals surface area contributed by atoms with E-state index in [4.69, 9.17) is 0 Å². The van der Waals surface area contributed by atoms with Crippen molar-refractivity contribution in [1.29, 1.82) is 0 Å². The summed E-state index contributed by atoms with van der Waals surface area (Å²) in [5.41, 5.74) is 6.27. The number of aromatic amines is 2. The van der Waals surface area contributed by atoms with Crippen LogP contribution in [0.4, 0.5) is 11.4 Å². The lowest BCUT2D eigenvalue weighted by Crippen LogP contribution is -1.92. The van der Waals surface area contributed by atoms with Crippen LogP contribution in [0.1, 0.15) is 18.3 Å². The summed E-state index contributed by atoms with van der Waals surface area (Å²) in [7, 11) is 0. The Morgan fingerprint density at radius 1 is 0.759 bits per heavy atom. The SMILES string of the molecule is CCn1c2ccc(N=Cc3ccc[nH]3)cc2c2cc(N=Cc3ccc[nH]3)ccc21. The van der Waals surface area contributed by atoms with Gasteiger partial charge >= 0.3 is 0 Å². The number of hydrogen-bond donors (Lipinski definition) is 2. The number of aliphatic imine (C=N–C) groups is 2. The molecule has 0 aliphatic heterocycles. The van der Waals surface area contributed by atoms with Crippen LogP contribution in [0.5, 0.6) is 0 Å². The van der Waals surface area contributed by atoms with Crippen LogP contribution >= 0.6 is 0 Å². The smallest absolute Gasteiger partial charge is 0.0638 e. The molecule has 5 heteroatoms. The van der Waals surface area contributed by atoms with Crippen LogP contribution < -0.4 is 0 Å². The second kappa shape index (κ2) is 7.28. The number of hydrogen-bond acceptors (Lipinski definition) is 2. The molecule has 0 spiro atoms. The normalized spacial score (nSPS) is 12.2. The molecular formula is C24H21N5. The van der Waals surface area contributed by atoms with Crippen LogP contribution in [0.25, 0.3) is 21.8 Å². The van der Waals surface area contributed by atoms with E-state index in [9.17, 15) is 0 Å². The molecule has 0 saturated carbocycles. The van der Waals surface area contributed by atoms with Crippen molar-refractivity contribution in [3.63, 3.8) is 0 Å². The minimum atomic E-state index is 0.913. The highest BCUT2D eigenvalue weighted by Gasteiger charge is 2.10. The zero-order chi connectivity index (χ0) is 19.6. The number of benzene rings is 2. The van der Waals surface area contributed by atoms with Gasteiger partial charge in [-0.05, 0) is 67.6 Å². The first kappa shape index (κ1) is 17.3. The number of H-pyrrole nitrogens is 2. The quantitative estimate of drug-likeness (QED) is 0.353. The lowest BCUT2D eigenvalue weighted by Gasteiger charge is -2.03. The van der Waals surface area contributed by atoms with Gasteiger partial charge in [-0.15, -0.1) is 0 Å². The Morgan fingerprint density at radius 3 is 1.69 bits per heavy atom. The molecule has 0 bridgehead atoms. The molecular weight excluding hydrogens is 358 g/mol. The van der Waals surface area contributed by atoms with Gasteiger partial charge in [-0.3, -0.25) is 9.98 Å². The largest absolute Gasteiger partial charge is 0.360 e. The average Bonchev–Trinajstić information content (AvgIpc) is 3.50. The molecule has 2 aromatic carbocycles. The summed E-state index contributed by atoms with van der Waals surface area (Å²) < 4.78 is 2.33. The number of aryl methyl sites for hydroxylation is 1. The van der Waals surface area contributed by atoms with Crippen molar-refractivity contribution in [3.05, 3.63) is 84.4 Å². The van der Waals surface area contributed by atoms with Crippen LogP contribution in [0.3, 0.4) is 0 Å². The van der Waals surface area contributed by atoms with Crippen molar-refractivity contribution in [2.45, 2.75) is 13.5 Å². The van der Waals surface area contributed by atoms with Crippen LogP contribution in [0, 0.1) is 0 Å². The molecule has 5 aromatic rings. The first-order valence-corrected chi connectivity index (χ1v) is 9.73. The van der Waals surface area contributed by atoms with Gasteiger partial charge in [-0.1, -0.05) is 0 Å². The molecule has 0 aliphatic rings. The lowest BCUT2D eigenvalue weighted by molar-refractivity contribution is 0.827. The van der Waals surface area contributed by atoms with Crippen LogP contribution in [0.15, 0.2) is 83.0 Å². The standard InChI is InChI=1S/C24H21N5/c1-2-29-23-9-7-17(27-15-19-5-3-11-25-19)13-21(23)22-14-18(8-10-24(22)29)28-16-20-6-4-12-26-20/h3-16,25-26H,2H2,1H3. The molecule has 0 saturated heterocycles. The summed E-state index contributed by atoms with van der Waals surface area (Å²) in [6, 6.07) is 20.7. The molecule has 3 aromatic heterocycles. The number of aromatic nitrogens is 3. The fourth-order valence-corrected chi connectivity index (χ4v) is 3.72. The molecule has 29 heavy (non-hydrogen) atoms. The van der Waals surface area contributed by atoms with Crippen molar-refractivity contribution in [2.75, 3.05) is 0 Å². The van der Waals surface area contributed by atoms with Gasteiger partial charge in [0.1, 0.15) is 0 Å². The monoisotopic (exact) mass is 379 g/mol. The zero-order valence-electron chi connectivity index (χ0n) is 16.1. The Bertz CT molecular complexity index is 1220. The van der Waals surface area contributed by atoms with E-state index in [0.29, 0.717) is 0 Å². The highest BCUT2D eigenvalue weighted by atomic mass is 15.0. The summed E-state index contributed by atoms with van der Waals surface area (Å²) in [4.78, 5) is 15.6. The molecule has 3 heterocycles. The number of rotatable bonds is 5. The molecule has 0 amide bonds. The highest BCUT2D eigenvalue weighted by Crippen LogP contribution is 2.34. The molecule has 0 unspecified atom stereocenters. The summed E-state index contributed by atoms with van der Waals surface area (Å²) >= 11 is 0. The van der Waals surface area contributed by atoms with E-state index in [0.717, 1.165) is 29.3 Å². The minimum absolute atomic E-state index is 0.913. The second-order valence-electron chi connectivity index (χ2n) is 6.91. The molecule has 142 valence electrons. The van der Waals surface area contributed by atoms with Crippen LogP contribution in [-0.4, -0.2) is 27.0 Å². The number of fused-ring (bicyclic) bond motifs is 3. The Labute approximate surface area is 168 Å². The van der Waals surface area contributed by atoms with Gasteiger partial charge in [0.15, 0.2) is 0 Å². The predicted molar refractivity (Wildman–Crippen MR) is 121 cm³/mol. The minimum Gasteiger partial charge on any atom is -0.360 e. The Morgan fingerprint density at radius 2 is 1.28 bits per heavy atom. The van der Waals surface area contributed by atoms with Gasteiger partial charge in [0.25, 0.3) is 0 Å². The maximum atomic E-state index is 4.63. The van der Waals surface area contributed by atoms with E-state index < -0.39 is 0 Å². The third-order valence-corrected chi connectivity index (χ3v) is 5.10. The van der Waals surface area contributed by atoms with Crippen molar-refractivity contribution in [1.82, 2.24) is 14.5 Å². The summed E-state index contributed by atoms with van der Waals surface area (Å²) in [5, 5.41) is 2.39. The van der Waals surface area contributed by atoms with Crippen molar-refractivity contribution in [2.24, 2.45) is 9.98 Å². The molecule has 5 nitrogen and oxygen atoms in total. The maximum absolute atomic E-state index is 4.63. The first-order chi connectivity index (χ1) is 14.3. The van der Waals surface area contributed by atoms with Gasteiger partial charge in [0.05, 0.1) is 35.2 Å². The number of nitrogens with one attached hydrogen (secondary N) is 2. The fourth-order valence-electron chi connectivity index (χ4n) is 3.72. The van der Waals surface area contributed by atoms with Gasteiger partial charge in [0, 0.05) is 40.7 Å². The van der Waals surface area contributed by atoms with E-state index in [1.165, 1.54) is 21.8 Å². The van der Waals surface area contributed by atoms with E-state index in [-0.39, 0.29) is 0 Å². The zero-order valence-corrected chi connectivity index (χ0v) is 16.1. The van der Waals surface area contributed by atoms with E-state index in [1.54, 1.807) is 0 Å². The summed E-state index contributed by atoms with van der Waals surface area (Å²) in [6.07, 6.45) is 7.50. The number of nitrogens with zero attached hydrogens (tertiary/aromatic N) is 3. The van der Waals surface area contributed by atoms with Gasteiger partial charge < -0.3 is 14.5 Å². The lowest BCUT2D eigenvalue weighted by atomic mass is 10.1. The van der Waals surface area contributed by atoms with Gasteiger partial charge in [-0.25, -0.2) is 0 Å². The third kappa shape index (κ3) is 3.27. The maximum Gasteiger partial charge on any atom is 0.0638 e. The molecule has 0 aliphatic carbocycles. The fraction of sp³-hybridized carbons (Fsp3) is 0.0833.